The maximum Gasteiger partial charge on any atom is 0.0716 e. The van der Waals surface area contributed by atoms with Crippen LogP contribution in [0.4, 0.5) is 0 Å². The van der Waals surface area contributed by atoms with Gasteiger partial charge in [-0.2, -0.15) is 0 Å². The zero-order valence-electron chi connectivity index (χ0n) is 11.8. The van der Waals surface area contributed by atoms with Crippen molar-refractivity contribution in [3.05, 3.63) is 35.9 Å². The van der Waals surface area contributed by atoms with Gasteiger partial charge >= 0.3 is 0 Å². The molecule has 1 aromatic carbocycles. The number of alkyl halides is 1. The van der Waals surface area contributed by atoms with Crippen LogP contribution >= 0.6 is 15.9 Å². The highest BCUT2D eigenvalue weighted by Gasteiger charge is 2.22. The SMILES string of the molecule is CC(C)(C)C(CBr)CCCOCc1ccccc1. The molecule has 1 nitrogen and oxygen atoms in total. The Labute approximate surface area is 120 Å². The van der Waals surface area contributed by atoms with Crippen LogP contribution in [0.5, 0.6) is 0 Å². The normalized spacial score (nSPS) is 13.6. The summed E-state index contributed by atoms with van der Waals surface area (Å²) in [6.07, 6.45) is 2.36. The number of benzene rings is 1. The largest absolute Gasteiger partial charge is 0.377 e. The zero-order chi connectivity index (χ0) is 13.4. The number of rotatable bonds is 7. The zero-order valence-corrected chi connectivity index (χ0v) is 13.4. The Kier molecular flexibility index (Phi) is 6.95. The van der Waals surface area contributed by atoms with Crippen LogP contribution in [0.25, 0.3) is 0 Å². The molecule has 0 aliphatic heterocycles. The minimum Gasteiger partial charge on any atom is -0.377 e. The Bertz CT molecular complexity index is 316. The van der Waals surface area contributed by atoms with E-state index in [2.05, 4.69) is 61.0 Å². The lowest BCUT2D eigenvalue weighted by Gasteiger charge is -2.29. The van der Waals surface area contributed by atoms with E-state index in [1.807, 2.05) is 6.07 Å². The molecule has 0 amide bonds. The summed E-state index contributed by atoms with van der Waals surface area (Å²) in [6.45, 7) is 8.51. The third-order valence-electron chi connectivity index (χ3n) is 3.36. The molecule has 102 valence electrons. The van der Waals surface area contributed by atoms with Gasteiger partial charge in [-0.3, -0.25) is 0 Å². The van der Waals surface area contributed by atoms with Crippen molar-refractivity contribution in [1.82, 2.24) is 0 Å². The van der Waals surface area contributed by atoms with Gasteiger partial charge in [-0.25, -0.2) is 0 Å². The summed E-state index contributed by atoms with van der Waals surface area (Å²) < 4.78 is 5.71. The van der Waals surface area contributed by atoms with Gasteiger partial charge < -0.3 is 4.74 Å². The molecule has 0 saturated carbocycles. The molecule has 0 radical (unpaired) electrons. The molecule has 0 aliphatic rings. The van der Waals surface area contributed by atoms with Gasteiger partial charge in [-0.05, 0) is 29.7 Å². The van der Waals surface area contributed by atoms with Crippen molar-refractivity contribution in [3.8, 4) is 0 Å². The van der Waals surface area contributed by atoms with Crippen molar-refractivity contribution >= 4 is 15.9 Å². The van der Waals surface area contributed by atoms with E-state index in [0.29, 0.717) is 5.41 Å². The van der Waals surface area contributed by atoms with Crippen LogP contribution in [0, 0.1) is 11.3 Å². The summed E-state index contributed by atoms with van der Waals surface area (Å²) in [6, 6.07) is 10.4. The first kappa shape index (κ1) is 15.7. The van der Waals surface area contributed by atoms with Crippen LogP contribution in [-0.4, -0.2) is 11.9 Å². The molecule has 0 aliphatic carbocycles. The Balaban J connectivity index is 2.15. The minimum atomic E-state index is 0.378. The van der Waals surface area contributed by atoms with Gasteiger partial charge in [-0.15, -0.1) is 0 Å². The van der Waals surface area contributed by atoms with Crippen molar-refractivity contribution < 1.29 is 4.74 Å². The second kappa shape index (κ2) is 7.96. The van der Waals surface area contributed by atoms with Gasteiger partial charge in [-0.1, -0.05) is 67.0 Å². The molecule has 0 saturated heterocycles. The highest BCUT2D eigenvalue weighted by atomic mass is 79.9. The minimum absolute atomic E-state index is 0.378. The van der Waals surface area contributed by atoms with Crippen molar-refractivity contribution in [2.24, 2.45) is 11.3 Å². The monoisotopic (exact) mass is 312 g/mol. The molecule has 1 aromatic rings. The molecule has 0 aromatic heterocycles. The van der Waals surface area contributed by atoms with Crippen LogP contribution < -0.4 is 0 Å². The molecule has 0 spiro atoms. The number of ether oxygens (including phenoxy) is 1. The summed E-state index contributed by atoms with van der Waals surface area (Å²) in [5.74, 6) is 0.720. The van der Waals surface area contributed by atoms with Gasteiger partial charge in [0.15, 0.2) is 0 Å². The average molecular weight is 313 g/mol. The quantitative estimate of drug-likeness (QED) is 0.506. The van der Waals surface area contributed by atoms with Crippen molar-refractivity contribution in [3.63, 3.8) is 0 Å². The molecular weight excluding hydrogens is 288 g/mol. The lowest BCUT2D eigenvalue weighted by atomic mass is 9.79. The van der Waals surface area contributed by atoms with E-state index in [4.69, 9.17) is 4.74 Å². The summed E-state index contributed by atoms with van der Waals surface area (Å²) in [4.78, 5) is 0. The lowest BCUT2D eigenvalue weighted by molar-refractivity contribution is 0.108. The van der Waals surface area contributed by atoms with E-state index in [1.165, 1.54) is 12.0 Å². The van der Waals surface area contributed by atoms with E-state index in [-0.39, 0.29) is 0 Å². The van der Waals surface area contributed by atoms with E-state index >= 15 is 0 Å². The average Bonchev–Trinajstić information content (AvgIpc) is 2.33. The number of halogens is 1. The summed E-state index contributed by atoms with van der Waals surface area (Å²) >= 11 is 3.62. The number of hydrogen-bond acceptors (Lipinski definition) is 1. The second-order valence-corrected chi connectivity index (χ2v) is 6.55. The van der Waals surface area contributed by atoms with Gasteiger partial charge in [0.1, 0.15) is 0 Å². The standard InChI is InChI=1S/C16H25BrO/c1-16(2,3)15(12-17)10-7-11-18-13-14-8-5-4-6-9-14/h4-6,8-9,15H,7,10-13H2,1-3H3. The highest BCUT2D eigenvalue weighted by Crippen LogP contribution is 2.31. The Morgan fingerprint density at radius 1 is 1.17 bits per heavy atom. The fraction of sp³-hybridized carbons (Fsp3) is 0.625. The van der Waals surface area contributed by atoms with E-state index < -0.39 is 0 Å². The van der Waals surface area contributed by atoms with Gasteiger partial charge in [0, 0.05) is 11.9 Å². The van der Waals surface area contributed by atoms with E-state index in [1.54, 1.807) is 0 Å². The molecule has 1 rings (SSSR count). The first-order chi connectivity index (χ1) is 8.54. The maximum absolute atomic E-state index is 5.71. The van der Waals surface area contributed by atoms with E-state index in [0.717, 1.165) is 30.9 Å². The Hall–Kier alpha value is -0.340. The first-order valence-corrected chi connectivity index (χ1v) is 7.84. The van der Waals surface area contributed by atoms with Crippen molar-refractivity contribution in [2.45, 2.75) is 40.2 Å². The highest BCUT2D eigenvalue weighted by molar-refractivity contribution is 9.09. The van der Waals surface area contributed by atoms with Gasteiger partial charge in [0.25, 0.3) is 0 Å². The van der Waals surface area contributed by atoms with Crippen LogP contribution in [-0.2, 0) is 11.3 Å². The molecule has 0 heterocycles. The topological polar surface area (TPSA) is 9.23 Å². The predicted molar refractivity (Wildman–Crippen MR) is 82.1 cm³/mol. The Morgan fingerprint density at radius 2 is 1.83 bits per heavy atom. The van der Waals surface area contributed by atoms with Crippen LogP contribution in [0.3, 0.4) is 0 Å². The summed E-state index contributed by atoms with van der Waals surface area (Å²) in [5, 5.41) is 1.08. The van der Waals surface area contributed by atoms with Crippen molar-refractivity contribution in [2.75, 3.05) is 11.9 Å². The van der Waals surface area contributed by atoms with Gasteiger partial charge in [0.05, 0.1) is 6.61 Å². The second-order valence-electron chi connectivity index (χ2n) is 5.90. The fourth-order valence-corrected chi connectivity index (χ4v) is 3.23. The molecule has 0 fully saturated rings. The van der Waals surface area contributed by atoms with Crippen molar-refractivity contribution in [1.29, 1.82) is 0 Å². The maximum atomic E-state index is 5.71. The fourth-order valence-electron chi connectivity index (χ4n) is 1.94. The molecule has 18 heavy (non-hydrogen) atoms. The molecule has 2 heteroatoms. The summed E-state index contributed by atoms with van der Waals surface area (Å²) in [7, 11) is 0. The van der Waals surface area contributed by atoms with Crippen LogP contribution in [0.15, 0.2) is 30.3 Å². The molecule has 0 N–H and O–H groups in total. The van der Waals surface area contributed by atoms with Crippen LogP contribution in [0.2, 0.25) is 0 Å². The molecule has 1 unspecified atom stereocenters. The third kappa shape index (κ3) is 6.01. The van der Waals surface area contributed by atoms with Crippen LogP contribution in [0.1, 0.15) is 39.2 Å². The first-order valence-electron chi connectivity index (χ1n) is 6.71. The van der Waals surface area contributed by atoms with E-state index in [9.17, 15) is 0 Å². The third-order valence-corrected chi connectivity index (χ3v) is 4.15. The predicted octanol–water partition coefficient (Wildman–Crippen LogP) is 5.04. The Morgan fingerprint density at radius 3 is 2.39 bits per heavy atom. The summed E-state index contributed by atoms with van der Waals surface area (Å²) in [5.41, 5.74) is 1.63. The molecule has 0 bridgehead atoms. The lowest BCUT2D eigenvalue weighted by Crippen LogP contribution is -2.22. The van der Waals surface area contributed by atoms with Gasteiger partial charge in [0.2, 0.25) is 0 Å². The smallest absolute Gasteiger partial charge is 0.0716 e. The molecule has 1 atom stereocenters. The number of hydrogen-bond donors (Lipinski definition) is 0. The molecular formula is C16H25BrO.